The molecule has 2 fully saturated rings. The highest BCUT2D eigenvalue weighted by Gasteiger charge is 2.35. The van der Waals surface area contributed by atoms with Gasteiger partial charge in [0.2, 0.25) is 0 Å². The summed E-state index contributed by atoms with van der Waals surface area (Å²) < 4.78 is 0. The zero-order chi connectivity index (χ0) is 10.1. The summed E-state index contributed by atoms with van der Waals surface area (Å²) in [6.07, 6.45) is 5.35. The Kier molecular flexibility index (Phi) is 2.91. The van der Waals surface area contributed by atoms with Crippen LogP contribution in [0.1, 0.15) is 39.0 Å². The summed E-state index contributed by atoms with van der Waals surface area (Å²) in [5.41, 5.74) is 0. The lowest BCUT2D eigenvalue weighted by Gasteiger charge is -2.30. The molecule has 0 aromatic rings. The van der Waals surface area contributed by atoms with Crippen LogP contribution in [-0.2, 0) is 4.79 Å². The Bertz CT molecular complexity index is 226. The summed E-state index contributed by atoms with van der Waals surface area (Å²) in [4.78, 5) is 13.7. The van der Waals surface area contributed by atoms with Gasteiger partial charge in [-0.1, -0.05) is 6.92 Å². The summed E-state index contributed by atoms with van der Waals surface area (Å²) >= 11 is 0. The monoisotopic (exact) mass is 195 g/mol. The Balaban J connectivity index is 1.78. The van der Waals surface area contributed by atoms with E-state index in [0.717, 1.165) is 31.1 Å². The van der Waals surface area contributed by atoms with Crippen molar-refractivity contribution < 1.29 is 4.79 Å². The topological polar surface area (TPSA) is 20.3 Å². The Morgan fingerprint density at radius 2 is 2.21 bits per heavy atom. The molecule has 0 N–H and O–H groups in total. The van der Waals surface area contributed by atoms with Crippen molar-refractivity contribution in [1.29, 1.82) is 0 Å². The number of hydrogen-bond acceptors (Lipinski definition) is 2. The number of carbonyl (C=O) groups excluding carboxylic acids is 1. The zero-order valence-electron chi connectivity index (χ0n) is 9.33. The third-order valence-electron chi connectivity index (χ3n) is 3.88. The molecule has 2 aliphatic rings. The van der Waals surface area contributed by atoms with Crippen LogP contribution in [0.3, 0.4) is 0 Å². The van der Waals surface area contributed by atoms with E-state index in [1.165, 1.54) is 19.4 Å². The molecule has 3 unspecified atom stereocenters. The third-order valence-corrected chi connectivity index (χ3v) is 3.88. The quantitative estimate of drug-likeness (QED) is 0.687. The van der Waals surface area contributed by atoms with E-state index in [4.69, 9.17) is 0 Å². The molecule has 3 atom stereocenters. The first kappa shape index (κ1) is 10.2. The van der Waals surface area contributed by atoms with Gasteiger partial charge in [-0.15, -0.1) is 0 Å². The maximum absolute atomic E-state index is 11.3. The summed E-state index contributed by atoms with van der Waals surface area (Å²) in [5.74, 6) is 2.31. The van der Waals surface area contributed by atoms with Gasteiger partial charge >= 0.3 is 0 Å². The fourth-order valence-corrected chi connectivity index (χ4v) is 2.55. The second-order valence-electron chi connectivity index (χ2n) is 5.20. The molecule has 2 rings (SSSR count). The van der Waals surface area contributed by atoms with Gasteiger partial charge in [-0.25, -0.2) is 0 Å². The molecule has 0 aliphatic heterocycles. The van der Waals surface area contributed by atoms with Crippen molar-refractivity contribution in [2.75, 3.05) is 13.6 Å². The van der Waals surface area contributed by atoms with Crippen LogP contribution < -0.4 is 0 Å². The van der Waals surface area contributed by atoms with E-state index in [1.807, 2.05) is 0 Å². The number of Topliss-reactive ketones (excluding diaryl/α,β-unsaturated/α-hetero) is 1. The van der Waals surface area contributed by atoms with Crippen molar-refractivity contribution in [1.82, 2.24) is 4.90 Å². The molecule has 0 heterocycles. The molecule has 2 nitrogen and oxygen atoms in total. The largest absolute Gasteiger partial charge is 0.303 e. The van der Waals surface area contributed by atoms with E-state index in [-0.39, 0.29) is 0 Å². The summed E-state index contributed by atoms with van der Waals surface area (Å²) in [7, 11) is 2.19. The molecular weight excluding hydrogens is 174 g/mol. The molecule has 0 aromatic carbocycles. The Hall–Kier alpha value is -0.370. The number of ketones is 1. The maximum atomic E-state index is 11.3. The predicted octanol–water partition coefficient (Wildman–Crippen LogP) is 2.09. The summed E-state index contributed by atoms with van der Waals surface area (Å²) in [5, 5.41) is 0. The van der Waals surface area contributed by atoms with Gasteiger partial charge < -0.3 is 4.90 Å². The SMILES string of the molecule is CC1CC1CN(C)C1CCCC(=O)C1. The predicted molar refractivity (Wildman–Crippen MR) is 57.2 cm³/mol. The lowest BCUT2D eigenvalue weighted by Crippen LogP contribution is -2.37. The number of hydrogen-bond donors (Lipinski definition) is 0. The first-order valence-electron chi connectivity index (χ1n) is 5.88. The average molecular weight is 195 g/mol. The Morgan fingerprint density at radius 1 is 1.50 bits per heavy atom. The molecule has 2 heteroatoms. The maximum Gasteiger partial charge on any atom is 0.134 e. The van der Waals surface area contributed by atoms with E-state index in [0.29, 0.717) is 11.8 Å². The standard InChI is InChI=1S/C12H21NO/c1-9-6-10(9)8-13(2)11-4-3-5-12(14)7-11/h9-11H,3-8H2,1-2H3. The lowest BCUT2D eigenvalue weighted by atomic mass is 9.93. The normalized spacial score (nSPS) is 37.6. The first-order valence-corrected chi connectivity index (χ1v) is 5.88. The fraction of sp³-hybridized carbons (Fsp3) is 0.917. The van der Waals surface area contributed by atoms with E-state index >= 15 is 0 Å². The van der Waals surface area contributed by atoms with E-state index in [9.17, 15) is 4.79 Å². The summed E-state index contributed by atoms with van der Waals surface area (Å²) in [6, 6.07) is 0.545. The molecule has 14 heavy (non-hydrogen) atoms. The molecule has 0 saturated heterocycles. The van der Waals surface area contributed by atoms with E-state index < -0.39 is 0 Å². The molecule has 0 spiro atoms. The summed E-state index contributed by atoms with van der Waals surface area (Å²) in [6.45, 7) is 3.53. The first-order chi connectivity index (χ1) is 6.66. The van der Waals surface area contributed by atoms with Crippen molar-refractivity contribution in [2.45, 2.75) is 45.1 Å². The van der Waals surface area contributed by atoms with Crippen LogP contribution in [0, 0.1) is 11.8 Å². The smallest absolute Gasteiger partial charge is 0.134 e. The van der Waals surface area contributed by atoms with Gasteiger partial charge in [-0.2, -0.15) is 0 Å². The van der Waals surface area contributed by atoms with Gasteiger partial charge in [-0.05, 0) is 38.1 Å². The van der Waals surface area contributed by atoms with Gasteiger partial charge in [0.25, 0.3) is 0 Å². The van der Waals surface area contributed by atoms with Gasteiger partial charge in [0.15, 0.2) is 0 Å². The molecule has 0 bridgehead atoms. The third kappa shape index (κ3) is 2.35. The zero-order valence-corrected chi connectivity index (χ0v) is 9.33. The molecule has 0 radical (unpaired) electrons. The minimum Gasteiger partial charge on any atom is -0.303 e. The Morgan fingerprint density at radius 3 is 2.79 bits per heavy atom. The molecule has 0 amide bonds. The van der Waals surface area contributed by atoms with E-state index in [1.54, 1.807) is 0 Å². The highest BCUT2D eigenvalue weighted by atomic mass is 16.1. The fourth-order valence-electron chi connectivity index (χ4n) is 2.55. The Labute approximate surface area is 86.7 Å². The van der Waals surface area contributed by atoms with Gasteiger partial charge in [0.1, 0.15) is 5.78 Å². The number of carbonyl (C=O) groups is 1. The average Bonchev–Trinajstić information content (AvgIpc) is 2.81. The van der Waals surface area contributed by atoms with Gasteiger partial charge in [0.05, 0.1) is 0 Å². The number of rotatable bonds is 3. The van der Waals surface area contributed by atoms with Gasteiger partial charge in [0, 0.05) is 25.4 Å². The van der Waals surface area contributed by atoms with Crippen LogP contribution in [0.25, 0.3) is 0 Å². The van der Waals surface area contributed by atoms with Crippen LogP contribution in [0.2, 0.25) is 0 Å². The number of nitrogens with zero attached hydrogens (tertiary/aromatic N) is 1. The molecule has 0 aromatic heterocycles. The second-order valence-corrected chi connectivity index (χ2v) is 5.20. The second kappa shape index (κ2) is 4.01. The van der Waals surface area contributed by atoms with Crippen LogP contribution in [0.5, 0.6) is 0 Å². The highest BCUT2D eigenvalue weighted by Crippen LogP contribution is 2.38. The van der Waals surface area contributed by atoms with Crippen molar-refractivity contribution >= 4 is 5.78 Å². The molecule has 80 valence electrons. The minimum absolute atomic E-state index is 0.469. The molecule has 2 aliphatic carbocycles. The molecule has 2 saturated carbocycles. The van der Waals surface area contributed by atoms with Gasteiger partial charge in [-0.3, -0.25) is 4.79 Å². The van der Waals surface area contributed by atoms with Crippen molar-refractivity contribution in [3.8, 4) is 0 Å². The van der Waals surface area contributed by atoms with E-state index in [2.05, 4.69) is 18.9 Å². The van der Waals surface area contributed by atoms with Crippen LogP contribution in [0.4, 0.5) is 0 Å². The van der Waals surface area contributed by atoms with Crippen LogP contribution in [0.15, 0.2) is 0 Å². The van der Waals surface area contributed by atoms with Crippen LogP contribution in [-0.4, -0.2) is 30.3 Å². The van der Waals surface area contributed by atoms with Crippen LogP contribution >= 0.6 is 0 Å². The highest BCUT2D eigenvalue weighted by molar-refractivity contribution is 5.79. The lowest BCUT2D eigenvalue weighted by molar-refractivity contribution is -0.121. The molecular formula is C12H21NO. The minimum atomic E-state index is 0.469. The van der Waals surface area contributed by atoms with Crippen molar-refractivity contribution in [3.05, 3.63) is 0 Å². The van der Waals surface area contributed by atoms with Crippen molar-refractivity contribution in [2.24, 2.45) is 11.8 Å². The van der Waals surface area contributed by atoms with Crippen molar-refractivity contribution in [3.63, 3.8) is 0 Å².